The number of alkyl halides is 3. The number of aromatic nitrogens is 1. The van der Waals surface area contributed by atoms with Crippen LogP contribution in [-0.4, -0.2) is 30.2 Å². The van der Waals surface area contributed by atoms with Crippen molar-refractivity contribution in [2.45, 2.75) is 25.4 Å². The number of carbonyl (C=O) groups is 1. The van der Waals surface area contributed by atoms with Crippen molar-refractivity contribution >= 4 is 45.0 Å². The highest BCUT2D eigenvalue weighted by Crippen LogP contribution is 2.34. The number of rotatable bonds is 5. The van der Waals surface area contributed by atoms with E-state index in [-0.39, 0.29) is 35.9 Å². The number of hydrogen-bond donors (Lipinski definition) is 2. The molecule has 0 aliphatic heterocycles. The summed E-state index contributed by atoms with van der Waals surface area (Å²) in [6.45, 7) is -0.860. The van der Waals surface area contributed by atoms with Gasteiger partial charge in [-0.05, 0) is 43.5 Å². The van der Waals surface area contributed by atoms with Crippen molar-refractivity contribution in [3.05, 3.63) is 18.2 Å². The number of nitrogens with two attached hydrogens (primary N) is 1. The molecule has 0 bridgehead atoms. The van der Waals surface area contributed by atoms with E-state index in [0.29, 0.717) is 21.9 Å². The van der Waals surface area contributed by atoms with E-state index in [0.717, 1.165) is 19.3 Å². The van der Waals surface area contributed by atoms with E-state index >= 15 is 0 Å². The SMILES string of the molecule is Cl.NC[C@H]1CCC[C@H]1C(=O)Nc1nc2ccc(OCC(F)(F)F)cc2s1. The molecule has 1 amide bonds. The van der Waals surface area contributed by atoms with Crippen molar-refractivity contribution in [2.75, 3.05) is 18.5 Å². The van der Waals surface area contributed by atoms with Crippen LogP contribution in [0.5, 0.6) is 5.75 Å². The highest BCUT2D eigenvalue weighted by Gasteiger charge is 2.32. The van der Waals surface area contributed by atoms with E-state index < -0.39 is 12.8 Å². The Morgan fingerprint density at radius 1 is 1.38 bits per heavy atom. The van der Waals surface area contributed by atoms with Gasteiger partial charge in [-0.15, -0.1) is 12.4 Å². The molecule has 3 N–H and O–H groups in total. The average Bonchev–Trinajstić information content (AvgIpc) is 3.17. The van der Waals surface area contributed by atoms with Gasteiger partial charge < -0.3 is 15.8 Å². The quantitative estimate of drug-likeness (QED) is 0.783. The van der Waals surface area contributed by atoms with Crippen LogP contribution < -0.4 is 15.8 Å². The second-order valence-electron chi connectivity index (χ2n) is 6.07. The van der Waals surface area contributed by atoms with Crippen molar-refractivity contribution in [2.24, 2.45) is 17.6 Å². The monoisotopic (exact) mass is 409 g/mol. The fourth-order valence-corrected chi connectivity index (χ4v) is 3.97. The molecule has 0 radical (unpaired) electrons. The lowest BCUT2D eigenvalue weighted by Crippen LogP contribution is -2.29. The minimum Gasteiger partial charge on any atom is -0.484 e. The van der Waals surface area contributed by atoms with Crippen LogP contribution in [-0.2, 0) is 4.79 Å². The highest BCUT2D eigenvalue weighted by molar-refractivity contribution is 7.22. The maximum atomic E-state index is 12.4. The van der Waals surface area contributed by atoms with Crippen LogP contribution in [0.3, 0.4) is 0 Å². The van der Waals surface area contributed by atoms with Gasteiger partial charge in [0.15, 0.2) is 11.7 Å². The number of thiazole rings is 1. The van der Waals surface area contributed by atoms with Crippen molar-refractivity contribution in [3.63, 3.8) is 0 Å². The van der Waals surface area contributed by atoms with Gasteiger partial charge in [0.1, 0.15) is 5.75 Å². The predicted octanol–water partition coefficient (Wildman–Crippen LogP) is 3.97. The number of carbonyl (C=O) groups excluding carboxylic acids is 1. The third-order valence-corrected chi connectivity index (χ3v) is 5.22. The molecule has 0 spiro atoms. The molecule has 1 aromatic heterocycles. The van der Waals surface area contributed by atoms with E-state index in [4.69, 9.17) is 10.5 Å². The number of amides is 1. The fourth-order valence-electron chi connectivity index (χ4n) is 3.08. The molecule has 1 saturated carbocycles. The normalized spacial score (nSPS) is 20.0. The number of hydrogen-bond acceptors (Lipinski definition) is 5. The Morgan fingerprint density at radius 3 is 2.85 bits per heavy atom. The number of halogens is 4. The number of ether oxygens (including phenoxy) is 1. The van der Waals surface area contributed by atoms with Gasteiger partial charge in [-0.1, -0.05) is 17.8 Å². The molecule has 3 rings (SSSR count). The van der Waals surface area contributed by atoms with Gasteiger partial charge in [0.25, 0.3) is 0 Å². The topological polar surface area (TPSA) is 77.2 Å². The highest BCUT2D eigenvalue weighted by atomic mass is 35.5. The fraction of sp³-hybridized carbons (Fsp3) is 0.500. The second kappa shape index (κ2) is 8.41. The lowest BCUT2D eigenvalue weighted by atomic mass is 9.95. The van der Waals surface area contributed by atoms with Crippen molar-refractivity contribution in [1.82, 2.24) is 4.98 Å². The summed E-state index contributed by atoms with van der Waals surface area (Å²) in [4.78, 5) is 16.7. The van der Waals surface area contributed by atoms with Gasteiger partial charge in [-0.3, -0.25) is 4.79 Å². The van der Waals surface area contributed by atoms with Crippen molar-refractivity contribution in [3.8, 4) is 5.75 Å². The molecule has 2 atom stereocenters. The molecule has 2 aromatic rings. The van der Waals surface area contributed by atoms with E-state index in [1.807, 2.05) is 0 Å². The number of nitrogens with zero attached hydrogens (tertiary/aromatic N) is 1. The van der Waals surface area contributed by atoms with Crippen LogP contribution in [0.25, 0.3) is 10.2 Å². The van der Waals surface area contributed by atoms with Crippen LogP contribution >= 0.6 is 23.7 Å². The molecule has 1 aliphatic rings. The summed E-state index contributed by atoms with van der Waals surface area (Å²) in [6.07, 6.45) is -1.63. The van der Waals surface area contributed by atoms with E-state index in [1.165, 1.54) is 23.5 Å². The van der Waals surface area contributed by atoms with Crippen molar-refractivity contribution < 1.29 is 22.7 Å². The zero-order valence-electron chi connectivity index (χ0n) is 13.7. The molecule has 1 aliphatic carbocycles. The van der Waals surface area contributed by atoms with Gasteiger partial charge in [0.2, 0.25) is 5.91 Å². The summed E-state index contributed by atoms with van der Waals surface area (Å²) in [5.41, 5.74) is 6.30. The molecular formula is C16H19ClF3N3O2S. The molecule has 0 saturated heterocycles. The van der Waals surface area contributed by atoms with Gasteiger partial charge >= 0.3 is 6.18 Å². The van der Waals surface area contributed by atoms with E-state index in [9.17, 15) is 18.0 Å². The molecule has 10 heteroatoms. The van der Waals surface area contributed by atoms with Gasteiger partial charge in [-0.25, -0.2) is 4.98 Å². The summed E-state index contributed by atoms with van der Waals surface area (Å²) >= 11 is 1.21. The first-order valence-electron chi connectivity index (χ1n) is 7.97. The minimum absolute atomic E-state index is 0. The third kappa shape index (κ3) is 4.99. The Balaban J connectivity index is 0.00000243. The number of anilines is 1. The smallest absolute Gasteiger partial charge is 0.422 e. The van der Waals surface area contributed by atoms with Gasteiger partial charge in [0.05, 0.1) is 10.2 Å². The Kier molecular flexibility index (Phi) is 6.70. The van der Waals surface area contributed by atoms with Crippen molar-refractivity contribution in [1.29, 1.82) is 0 Å². The largest absolute Gasteiger partial charge is 0.484 e. The maximum absolute atomic E-state index is 12.4. The van der Waals surface area contributed by atoms with Crippen LogP contribution in [0.1, 0.15) is 19.3 Å². The van der Waals surface area contributed by atoms with E-state index in [2.05, 4.69) is 10.3 Å². The van der Waals surface area contributed by atoms with Crippen LogP contribution in [0, 0.1) is 11.8 Å². The molecule has 1 fully saturated rings. The molecule has 1 heterocycles. The number of nitrogens with one attached hydrogen (secondary N) is 1. The van der Waals surface area contributed by atoms with Crippen LogP contribution in [0.4, 0.5) is 18.3 Å². The third-order valence-electron chi connectivity index (χ3n) is 4.29. The molecule has 1 aromatic carbocycles. The molecule has 0 unspecified atom stereocenters. The Bertz CT molecular complexity index is 769. The number of benzene rings is 1. The summed E-state index contributed by atoms with van der Waals surface area (Å²) in [7, 11) is 0. The summed E-state index contributed by atoms with van der Waals surface area (Å²) < 4.78 is 42.0. The Morgan fingerprint density at radius 2 is 2.15 bits per heavy atom. The summed E-state index contributed by atoms with van der Waals surface area (Å²) in [5, 5.41) is 3.23. The first kappa shape index (κ1) is 20.7. The van der Waals surface area contributed by atoms with Gasteiger partial charge in [-0.2, -0.15) is 13.2 Å². The Hall–Kier alpha value is -1.58. The van der Waals surface area contributed by atoms with Gasteiger partial charge in [0, 0.05) is 5.92 Å². The zero-order valence-corrected chi connectivity index (χ0v) is 15.3. The standard InChI is InChI=1S/C16H18F3N3O2S.ClH/c17-16(18,19)8-24-10-4-5-12-13(6-10)25-15(21-12)22-14(23)11-3-1-2-9(11)7-20;/h4-6,9,11H,1-3,7-8,20H2,(H,21,22,23);1H/t9-,11-;/m1./s1. The summed E-state index contributed by atoms with van der Waals surface area (Å²) in [6, 6.07) is 4.50. The predicted molar refractivity (Wildman–Crippen MR) is 96.9 cm³/mol. The average molecular weight is 410 g/mol. The van der Waals surface area contributed by atoms with Crippen LogP contribution in [0.2, 0.25) is 0 Å². The molecular weight excluding hydrogens is 391 g/mol. The molecule has 26 heavy (non-hydrogen) atoms. The lowest BCUT2D eigenvalue weighted by molar-refractivity contribution is -0.153. The summed E-state index contributed by atoms with van der Waals surface area (Å²) in [5.74, 6) is 0.102. The first-order chi connectivity index (χ1) is 11.9. The molecule has 5 nitrogen and oxygen atoms in total. The lowest BCUT2D eigenvalue weighted by Gasteiger charge is -2.16. The molecule has 144 valence electrons. The van der Waals surface area contributed by atoms with E-state index in [1.54, 1.807) is 6.07 Å². The minimum atomic E-state index is -4.39. The number of fused-ring (bicyclic) bond motifs is 1. The Labute approximate surface area is 158 Å². The maximum Gasteiger partial charge on any atom is 0.422 e. The first-order valence-corrected chi connectivity index (χ1v) is 8.78. The second-order valence-corrected chi connectivity index (χ2v) is 7.11. The van der Waals surface area contributed by atoms with Crippen LogP contribution in [0.15, 0.2) is 18.2 Å². The zero-order chi connectivity index (χ0) is 18.0.